The van der Waals surface area contributed by atoms with E-state index in [1.54, 1.807) is 25.1 Å². The van der Waals surface area contributed by atoms with Crippen LogP contribution in [0.5, 0.6) is 0 Å². The molecular weight excluding hydrogens is 372 g/mol. The van der Waals surface area contributed by atoms with Gasteiger partial charge in [0.2, 0.25) is 0 Å². The van der Waals surface area contributed by atoms with Gasteiger partial charge < -0.3 is 11.1 Å². The second-order valence-corrected chi connectivity index (χ2v) is 7.53. The molecule has 29 heavy (non-hydrogen) atoms. The van der Waals surface area contributed by atoms with Crippen LogP contribution in [-0.2, 0) is 0 Å². The van der Waals surface area contributed by atoms with Gasteiger partial charge in [0.15, 0.2) is 0 Å². The van der Waals surface area contributed by atoms with Crippen LogP contribution in [-0.4, -0.2) is 28.3 Å². The first kappa shape index (κ1) is 18.9. The number of carbonyl (C=O) groups excluding carboxylic acids is 3. The summed E-state index contributed by atoms with van der Waals surface area (Å²) in [5.41, 5.74) is 6.93. The second kappa shape index (κ2) is 7.20. The predicted molar refractivity (Wildman–Crippen MR) is 107 cm³/mol. The topological polar surface area (TPSA) is 123 Å². The van der Waals surface area contributed by atoms with Gasteiger partial charge in [-0.2, -0.15) is 0 Å². The second-order valence-electron chi connectivity index (χ2n) is 7.53. The molecule has 1 fully saturated rings. The lowest BCUT2D eigenvalue weighted by Crippen LogP contribution is -2.36. The number of amides is 3. The maximum Gasteiger partial charge on any atom is 0.262 e. The lowest BCUT2D eigenvalue weighted by Gasteiger charge is -2.23. The van der Waals surface area contributed by atoms with Crippen LogP contribution in [0.25, 0.3) is 5.69 Å². The number of pyridine rings is 1. The monoisotopic (exact) mass is 394 g/mol. The van der Waals surface area contributed by atoms with Crippen molar-refractivity contribution >= 4 is 23.5 Å². The van der Waals surface area contributed by atoms with Gasteiger partial charge in [-0.3, -0.25) is 29.1 Å². The van der Waals surface area contributed by atoms with Crippen molar-refractivity contribution in [3.63, 3.8) is 0 Å². The Labute approximate surface area is 167 Å². The molecule has 2 heterocycles. The van der Waals surface area contributed by atoms with Gasteiger partial charge in [0.1, 0.15) is 5.82 Å². The molecule has 1 aliphatic carbocycles. The summed E-state index contributed by atoms with van der Waals surface area (Å²) in [6.45, 7) is 1.73. The van der Waals surface area contributed by atoms with Gasteiger partial charge >= 0.3 is 0 Å². The van der Waals surface area contributed by atoms with Crippen LogP contribution in [0, 0.1) is 6.92 Å². The lowest BCUT2D eigenvalue weighted by molar-refractivity contribution is 0.0877. The van der Waals surface area contributed by atoms with Gasteiger partial charge in [0.25, 0.3) is 23.3 Å². The van der Waals surface area contributed by atoms with E-state index >= 15 is 0 Å². The molecule has 150 valence electrons. The van der Waals surface area contributed by atoms with Crippen molar-refractivity contribution in [2.75, 3.05) is 5.73 Å². The average Bonchev–Trinajstić information content (AvgIpc) is 2.97. The fraction of sp³-hybridized carbons (Fsp3) is 0.333. The van der Waals surface area contributed by atoms with E-state index in [1.165, 1.54) is 11.0 Å². The number of rotatable bonds is 3. The number of benzene rings is 1. The van der Waals surface area contributed by atoms with Gasteiger partial charge in [-0.05, 0) is 37.5 Å². The van der Waals surface area contributed by atoms with E-state index in [4.69, 9.17) is 5.73 Å². The molecule has 1 saturated carbocycles. The van der Waals surface area contributed by atoms with Crippen molar-refractivity contribution in [3.05, 3.63) is 56.9 Å². The standard InChI is InChI=1S/C21H22N4O4/c1-11-13(19(27)23-12-6-3-2-4-7-12)8-5-9-15(11)25-16(26)10-14-17(18(25)22)21(29)24-20(14)28/h5,8-10,12H,2-4,6-7,22H2,1H3,(H,23,27)(H,24,28,29). The quantitative estimate of drug-likeness (QED) is 0.684. The number of nitrogens with two attached hydrogens (primary N) is 1. The Morgan fingerprint density at radius 3 is 2.59 bits per heavy atom. The molecule has 8 nitrogen and oxygen atoms in total. The summed E-state index contributed by atoms with van der Waals surface area (Å²) in [7, 11) is 0. The minimum Gasteiger partial charge on any atom is -0.384 e. The van der Waals surface area contributed by atoms with Crippen molar-refractivity contribution in [3.8, 4) is 5.69 Å². The van der Waals surface area contributed by atoms with E-state index in [0.717, 1.165) is 31.7 Å². The predicted octanol–water partition coefficient (Wildman–Crippen LogP) is 1.67. The Morgan fingerprint density at radius 2 is 1.86 bits per heavy atom. The molecule has 0 saturated heterocycles. The fourth-order valence-electron chi connectivity index (χ4n) is 4.15. The van der Waals surface area contributed by atoms with E-state index < -0.39 is 17.4 Å². The molecule has 0 radical (unpaired) electrons. The number of nitrogen functional groups attached to an aromatic ring is 1. The molecule has 1 aromatic heterocycles. The van der Waals surface area contributed by atoms with Crippen molar-refractivity contribution in [1.82, 2.24) is 15.2 Å². The van der Waals surface area contributed by atoms with Crippen LogP contribution in [0.3, 0.4) is 0 Å². The molecule has 0 spiro atoms. The van der Waals surface area contributed by atoms with Gasteiger partial charge in [0.05, 0.1) is 16.8 Å². The highest BCUT2D eigenvalue weighted by Crippen LogP contribution is 2.26. The van der Waals surface area contributed by atoms with Gasteiger partial charge in [-0.15, -0.1) is 0 Å². The molecule has 0 unspecified atom stereocenters. The maximum atomic E-state index is 12.8. The van der Waals surface area contributed by atoms with Gasteiger partial charge in [-0.25, -0.2) is 0 Å². The molecular formula is C21H22N4O4. The van der Waals surface area contributed by atoms with Crippen molar-refractivity contribution < 1.29 is 14.4 Å². The molecule has 4 N–H and O–H groups in total. The number of hydrogen-bond acceptors (Lipinski definition) is 5. The SMILES string of the molecule is Cc1c(C(=O)NC2CCCCC2)cccc1-n1c(N)c2c(cc1=O)C(=O)NC2=O. The third-order valence-electron chi connectivity index (χ3n) is 5.68. The lowest BCUT2D eigenvalue weighted by atomic mass is 9.95. The Balaban J connectivity index is 1.76. The Bertz CT molecular complexity index is 1100. The molecule has 4 rings (SSSR count). The number of nitrogens with one attached hydrogen (secondary N) is 2. The van der Waals surface area contributed by atoms with E-state index in [0.29, 0.717) is 16.8 Å². The van der Waals surface area contributed by atoms with Crippen LogP contribution >= 0.6 is 0 Å². The molecule has 0 bridgehead atoms. The molecule has 1 aliphatic heterocycles. The van der Waals surface area contributed by atoms with Gasteiger partial charge in [0, 0.05) is 17.7 Å². The zero-order valence-electron chi connectivity index (χ0n) is 16.1. The number of aromatic nitrogens is 1. The first-order valence-corrected chi connectivity index (χ1v) is 9.70. The third kappa shape index (κ3) is 3.20. The Morgan fingerprint density at radius 1 is 1.14 bits per heavy atom. The van der Waals surface area contributed by atoms with Crippen molar-refractivity contribution in [2.45, 2.75) is 45.1 Å². The van der Waals surface area contributed by atoms with E-state index in [1.807, 2.05) is 0 Å². The minimum absolute atomic E-state index is 0.0222. The Kier molecular flexibility index (Phi) is 4.70. The number of imide groups is 1. The fourth-order valence-corrected chi connectivity index (χ4v) is 4.15. The molecule has 8 heteroatoms. The van der Waals surface area contributed by atoms with E-state index in [9.17, 15) is 19.2 Å². The van der Waals surface area contributed by atoms with Crippen molar-refractivity contribution in [1.29, 1.82) is 0 Å². The number of carbonyl (C=O) groups is 3. The third-order valence-corrected chi connectivity index (χ3v) is 5.68. The molecule has 0 atom stereocenters. The summed E-state index contributed by atoms with van der Waals surface area (Å²) in [6.07, 6.45) is 5.32. The van der Waals surface area contributed by atoms with Crippen LogP contribution in [0.4, 0.5) is 5.82 Å². The van der Waals surface area contributed by atoms with E-state index in [-0.39, 0.29) is 28.9 Å². The summed E-state index contributed by atoms with van der Waals surface area (Å²) >= 11 is 0. The first-order valence-electron chi connectivity index (χ1n) is 9.70. The highest BCUT2D eigenvalue weighted by atomic mass is 16.2. The number of fused-ring (bicyclic) bond motifs is 1. The number of anilines is 1. The number of nitrogens with zero attached hydrogens (tertiary/aromatic N) is 1. The zero-order valence-corrected chi connectivity index (χ0v) is 16.1. The molecule has 3 amide bonds. The van der Waals surface area contributed by atoms with Gasteiger partial charge in [-0.1, -0.05) is 25.3 Å². The normalized spacial score (nSPS) is 16.4. The zero-order chi connectivity index (χ0) is 20.7. The highest BCUT2D eigenvalue weighted by Gasteiger charge is 2.32. The van der Waals surface area contributed by atoms with Crippen LogP contribution in [0.15, 0.2) is 29.1 Å². The number of hydrogen-bond donors (Lipinski definition) is 3. The van der Waals surface area contributed by atoms with Crippen LogP contribution in [0.2, 0.25) is 0 Å². The summed E-state index contributed by atoms with van der Waals surface area (Å²) in [5.74, 6) is -1.60. The summed E-state index contributed by atoms with van der Waals surface area (Å²) < 4.78 is 1.17. The summed E-state index contributed by atoms with van der Waals surface area (Å²) in [5, 5.41) is 5.22. The summed E-state index contributed by atoms with van der Waals surface area (Å²) in [4.78, 5) is 49.4. The smallest absolute Gasteiger partial charge is 0.262 e. The maximum absolute atomic E-state index is 12.8. The highest BCUT2D eigenvalue weighted by molar-refractivity contribution is 6.23. The minimum atomic E-state index is -0.640. The van der Waals surface area contributed by atoms with Crippen molar-refractivity contribution in [2.24, 2.45) is 0 Å². The molecule has 2 aromatic rings. The first-order chi connectivity index (χ1) is 13.9. The average molecular weight is 394 g/mol. The van der Waals surface area contributed by atoms with E-state index in [2.05, 4.69) is 10.6 Å². The Hall–Kier alpha value is -3.42. The largest absolute Gasteiger partial charge is 0.384 e. The van der Waals surface area contributed by atoms with Crippen LogP contribution in [0.1, 0.15) is 68.7 Å². The molecule has 2 aliphatic rings. The molecule has 1 aromatic carbocycles. The summed E-state index contributed by atoms with van der Waals surface area (Å²) in [6, 6.07) is 6.28. The van der Waals surface area contributed by atoms with Crippen LogP contribution < -0.4 is 21.9 Å².